The standard InChI is InChI=1S/C19H30O3/c1-12(2)8-7-10-19(6,22)11-9-16-15(5)17(20)13(3)14(4)18(16)21/h8,20-22H,7,9-11H2,1-6H3/t19-/m1/s1. The molecular formula is C19H30O3. The third kappa shape index (κ3) is 4.51. The van der Waals surface area contributed by atoms with Crippen LogP contribution in [0.25, 0.3) is 0 Å². The highest BCUT2D eigenvalue weighted by atomic mass is 16.3. The minimum atomic E-state index is -0.779. The van der Waals surface area contributed by atoms with Gasteiger partial charge in [0.2, 0.25) is 0 Å². The van der Waals surface area contributed by atoms with Crippen LogP contribution >= 0.6 is 0 Å². The maximum Gasteiger partial charge on any atom is 0.122 e. The quantitative estimate of drug-likeness (QED) is 0.537. The molecule has 0 spiro atoms. The molecular weight excluding hydrogens is 276 g/mol. The number of aliphatic hydroxyl groups is 1. The van der Waals surface area contributed by atoms with Gasteiger partial charge < -0.3 is 15.3 Å². The van der Waals surface area contributed by atoms with E-state index in [1.54, 1.807) is 13.8 Å². The molecule has 1 aromatic carbocycles. The summed E-state index contributed by atoms with van der Waals surface area (Å²) in [6.07, 6.45) is 4.76. The number of phenolic OH excluding ortho intramolecular Hbond substituents is 2. The Labute approximate surface area is 134 Å². The fourth-order valence-electron chi connectivity index (χ4n) is 2.68. The Morgan fingerprint density at radius 2 is 1.50 bits per heavy atom. The van der Waals surface area contributed by atoms with Gasteiger partial charge in [-0.1, -0.05) is 11.6 Å². The highest BCUT2D eigenvalue weighted by Crippen LogP contribution is 2.37. The summed E-state index contributed by atoms with van der Waals surface area (Å²) in [7, 11) is 0. The van der Waals surface area contributed by atoms with Crippen LogP contribution in [0.1, 0.15) is 62.3 Å². The number of hydrogen-bond donors (Lipinski definition) is 3. The first-order valence-electron chi connectivity index (χ1n) is 7.93. The van der Waals surface area contributed by atoms with Crippen LogP contribution in [-0.4, -0.2) is 20.9 Å². The monoisotopic (exact) mass is 306 g/mol. The van der Waals surface area contributed by atoms with Crippen molar-refractivity contribution in [2.24, 2.45) is 0 Å². The molecule has 124 valence electrons. The average molecular weight is 306 g/mol. The second-order valence-electron chi connectivity index (χ2n) is 6.87. The van der Waals surface area contributed by atoms with Crippen molar-refractivity contribution in [3.63, 3.8) is 0 Å². The van der Waals surface area contributed by atoms with Crippen LogP contribution in [0.4, 0.5) is 0 Å². The van der Waals surface area contributed by atoms with Crippen LogP contribution in [0.15, 0.2) is 11.6 Å². The minimum absolute atomic E-state index is 0.243. The van der Waals surface area contributed by atoms with Gasteiger partial charge >= 0.3 is 0 Å². The van der Waals surface area contributed by atoms with Gasteiger partial charge in [0.05, 0.1) is 5.60 Å². The van der Waals surface area contributed by atoms with Crippen molar-refractivity contribution >= 4 is 0 Å². The maximum absolute atomic E-state index is 10.5. The summed E-state index contributed by atoms with van der Waals surface area (Å²) < 4.78 is 0. The molecule has 1 atom stereocenters. The van der Waals surface area contributed by atoms with E-state index in [0.717, 1.165) is 12.0 Å². The number of allylic oxidation sites excluding steroid dienone is 2. The second-order valence-corrected chi connectivity index (χ2v) is 6.87. The first-order valence-corrected chi connectivity index (χ1v) is 7.93. The van der Waals surface area contributed by atoms with E-state index in [2.05, 4.69) is 6.08 Å². The zero-order valence-electron chi connectivity index (χ0n) is 14.7. The highest BCUT2D eigenvalue weighted by molar-refractivity contribution is 5.56. The summed E-state index contributed by atoms with van der Waals surface area (Å²) in [4.78, 5) is 0. The molecule has 0 heterocycles. The van der Waals surface area contributed by atoms with Gasteiger partial charge in [-0.2, -0.15) is 0 Å². The lowest BCUT2D eigenvalue weighted by molar-refractivity contribution is 0.0431. The number of benzene rings is 1. The molecule has 0 saturated heterocycles. The Morgan fingerprint density at radius 1 is 0.955 bits per heavy atom. The van der Waals surface area contributed by atoms with Crippen molar-refractivity contribution in [3.05, 3.63) is 33.9 Å². The molecule has 0 aliphatic heterocycles. The van der Waals surface area contributed by atoms with E-state index in [1.807, 2.05) is 27.7 Å². The third-order valence-corrected chi connectivity index (χ3v) is 4.52. The Hall–Kier alpha value is -1.48. The van der Waals surface area contributed by atoms with E-state index in [-0.39, 0.29) is 11.5 Å². The van der Waals surface area contributed by atoms with Crippen LogP contribution in [-0.2, 0) is 6.42 Å². The van der Waals surface area contributed by atoms with Gasteiger partial charge in [0.1, 0.15) is 11.5 Å². The molecule has 3 N–H and O–H groups in total. The largest absolute Gasteiger partial charge is 0.507 e. The summed E-state index contributed by atoms with van der Waals surface area (Å²) in [5.74, 6) is 0.488. The first-order chi connectivity index (χ1) is 10.1. The van der Waals surface area contributed by atoms with Gasteiger partial charge in [-0.3, -0.25) is 0 Å². The van der Waals surface area contributed by atoms with Crippen molar-refractivity contribution in [1.82, 2.24) is 0 Å². The molecule has 3 nitrogen and oxygen atoms in total. The van der Waals surface area contributed by atoms with Gasteiger partial charge in [0, 0.05) is 5.56 Å². The third-order valence-electron chi connectivity index (χ3n) is 4.52. The van der Waals surface area contributed by atoms with E-state index in [9.17, 15) is 15.3 Å². The van der Waals surface area contributed by atoms with Crippen LogP contribution in [0.2, 0.25) is 0 Å². The molecule has 0 aromatic heterocycles. The molecule has 0 aliphatic rings. The normalized spacial score (nSPS) is 13.8. The summed E-state index contributed by atoms with van der Waals surface area (Å²) in [6, 6.07) is 0. The molecule has 0 unspecified atom stereocenters. The van der Waals surface area contributed by atoms with Crippen molar-refractivity contribution in [1.29, 1.82) is 0 Å². The first kappa shape index (κ1) is 18.6. The van der Waals surface area contributed by atoms with Crippen molar-refractivity contribution in [2.75, 3.05) is 0 Å². The SMILES string of the molecule is CC(C)=CCC[C@@](C)(O)CCc1c(C)c(O)c(C)c(C)c1O. The zero-order valence-corrected chi connectivity index (χ0v) is 14.7. The Balaban J connectivity index is 2.86. The number of rotatable bonds is 6. The predicted molar refractivity (Wildman–Crippen MR) is 91.6 cm³/mol. The predicted octanol–water partition coefficient (Wildman–Crippen LogP) is 4.45. The minimum Gasteiger partial charge on any atom is -0.507 e. The van der Waals surface area contributed by atoms with Crippen molar-refractivity contribution in [3.8, 4) is 11.5 Å². The summed E-state index contributed by atoms with van der Waals surface area (Å²) >= 11 is 0. The maximum atomic E-state index is 10.5. The second kappa shape index (κ2) is 7.19. The van der Waals surface area contributed by atoms with Crippen molar-refractivity contribution in [2.45, 2.75) is 72.8 Å². The lowest BCUT2D eigenvalue weighted by atomic mass is 9.88. The van der Waals surface area contributed by atoms with Gasteiger partial charge in [-0.15, -0.1) is 0 Å². The Kier molecular flexibility index (Phi) is 6.07. The molecule has 0 saturated carbocycles. The molecule has 22 heavy (non-hydrogen) atoms. The molecule has 0 bridgehead atoms. The molecule has 1 aromatic rings. The van der Waals surface area contributed by atoms with Crippen LogP contribution in [0.5, 0.6) is 11.5 Å². The number of aromatic hydroxyl groups is 2. The Bertz CT molecular complexity index is 536. The fraction of sp³-hybridized carbons (Fsp3) is 0.579. The average Bonchev–Trinajstić information content (AvgIpc) is 2.42. The van der Waals surface area contributed by atoms with Crippen LogP contribution in [0, 0.1) is 20.8 Å². The summed E-state index contributed by atoms with van der Waals surface area (Å²) in [5, 5.41) is 31.0. The number of hydrogen-bond acceptors (Lipinski definition) is 3. The van der Waals surface area contributed by atoms with E-state index in [1.165, 1.54) is 5.57 Å². The Morgan fingerprint density at radius 3 is 2.05 bits per heavy atom. The van der Waals surface area contributed by atoms with Gasteiger partial charge in [-0.05, 0) is 83.9 Å². The van der Waals surface area contributed by atoms with E-state index >= 15 is 0 Å². The topological polar surface area (TPSA) is 60.7 Å². The smallest absolute Gasteiger partial charge is 0.122 e. The molecule has 0 aliphatic carbocycles. The molecule has 3 heteroatoms. The summed E-state index contributed by atoms with van der Waals surface area (Å²) in [6.45, 7) is 11.4. The molecule has 0 fully saturated rings. The van der Waals surface area contributed by atoms with Gasteiger partial charge in [0.15, 0.2) is 0 Å². The van der Waals surface area contributed by atoms with E-state index in [0.29, 0.717) is 36.0 Å². The lowest BCUT2D eigenvalue weighted by Gasteiger charge is -2.24. The zero-order chi connectivity index (χ0) is 17.1. The van der Waals surface area contributed by atoms with Gasteiger partial charge in [0.25, 0.3) is 0 Å². The van der Waals surface area contributed by atoms with Crippen LogP contribution < -0.4 is 0 Å². The van der Waals surface area contributed by atoms with E-state index < -0.39 is 5.60 Å². The van der Waals surface area contributed by atoms with Gasteiger partial charge in [-0.25, -0.2) is 0 Å². The van der Waals surface area contributed by atoms with E-state index in [4.69, 9.17) is 0 Å². The van der Waals surface area contributed by atoms with Crippen molar-refractivity contribution < 1.29 is 15.3 Å². The molecule has 0 radical (unpaired) electrons. The molecule has 0 amide bonds. The lowest BCUT2D eigenvalue weighted by Crippen LogP contribution is -2.24. The fourth-order valence-corrected chi connectivity index (χ4v) is 2.68. The highest BCUT2D eigenvalue weighted by Gasteiger charge is 2.22. The van der Waals surface area contributed by atoms with Crippen LogP contribution in [0.3, 0.4) is 0 Å². The summed E-state index contributed by atoms with van der Waals surface area (Å²) in [5.41, 5.74) is 3.35. The number of phenols is 2. The molecule has 1 rings (SSSR count).